The topological polar surface area (TPSA) is 103 Å². The monoisotopic (exact) mass is 449 g/mol. The number of hydrogen-bond acceptors (Lipinski definition) is 6. The second-order valence-corrected chi connectivity index (χ2v) is 6.64. The van der Waals surface area contributed by atoms with Crippen molar-refractivity contribution in [3.05, 3.63) is 62.1 Å². The summed E-state index contributed by atoms with van der Waals surface area (Å²) in [4.78, 5) is 22.3. The molecule has 2 aromatic carbocycles. The number of hydrazone groups is 1. The molecule has 148 valence electrons. The van der Waals surface area contributed by atoms with Crippen LogP contribution in [-0.2, 0) is 11.2 Å². The van der Waals surface area contributed by atoms with Gasteiger partial charge in [0.25, 0.3) is 5.91 Å². The summed E-state index contributed by atoms with van der Waals surface area (Å²) >= 11 is 3.43. The molecule has 2 rings (SSSR count). The number of halogens is 1. The lowest BCUT2D eigenvalue weighted by Gasteiger charge is -2.08. The molecule has 0 unspecified atom stereocenters. The number of nitro benzene ring substituents is 1. The van der Waals surface area contributed by atoms with E-state index in [-0.39, 0.29) is 18.0 Å². The molecule has 9 heteroatoms. The SMILES string of the molecule is CCCc1ccc(OCC(=O)N/N=C/c2ccc(OC)c([N+](=O)[O-])c2)c(Br)c1. The number of methoxy groups -OCH3 is 1. The highest BCUT2D eigenvalue weighted by atomic mass is 79.9. The second-order valence-electron chi connectivity index (χ2n) is 5.79. The number of hydrogen-bond donors (Lipinski definition) is 1. The first-order chi connectivity index (χ1) is 13.4. The molecular formula is C19H20BrN3O5. The van der Waals surface area contributed by atoms with Gasteiger partial charge in [0, 0.05) is 11.6 Å². The van der Waals surface area contributed by atoms with Crippen LogP contribution in [0.4, 0.5) is 5.69 Å². The third kappa shape index (κ3) is 6.05. The lowest BCUT2D eigenvalue weighted by molar-refractivity contribution is -0.385. The van der Waals surface area contributed by atoms with E-state index in [0.29, 0.717) is 11.3 Å². The average Bonchev–Trinajstić information content (AvgIpc) is 2.67. The van der Waals surface area contributed by atoms with E-state index >= 15 is 0 Å². The second kappa shape index (κ2) is 10.4. The number of aryl methyl sites for hydroxylation is 1. The molecule has 2 aromatic rings. The summed E-state index contributed by atoms with van der Waals surface area (Å²) < 4.78 is 11.2. The van der Waals surface area contributed by atoms with E-state index < -0.39 is 10.8 Å². The van der Waals surface area contributed by atoms with Crippen LogP contribution in [0, 0.1) is 10.1 Å². The molecule has 0 bridgehead atoms. The summed E-state index contributed by atoms with van der Waals surface area (Å²) in [6.45, 7) is 1.89. The summed E-state index contributed by atoms with van der Waals surface area (Å²) in [5.74, 6) is 0.253. The summed E-state index contributed by atoms with van der Waals surface area (Å²) in [5.41, 5.74) is 3.77. The summed E-state index contributed by atoms with van der Waals surface area (Å²) in [5, 5.41) is 14.8. The standard InChI is InChI=1S/C19H20BrN3O5/c1-3-4-13-5-7-17(15(20)9-13)28-12-19(24)22-21-11-14-6-8-18(27-2)16(10-14)23(25)26/h5-11H,3-4,12H2,1-2H3,(H,22,24)/b21-11+. The molecule has 0 radical (unpaired) electrons. The van der Waals surface area contributed by atoms with Crippen LogP contribution < -0.4 is 14.9 Å². The Morgan fingerprint density at radius 2 is 2.04 bits per heavy atom. The lowest BCUT2D eigenvalue weighted by Crippen LogP contribution is -2.24. The Morgan fingerprint density at radius 1 is 1.29 bits per heavy atom. The third-order valence-corrected chi connectivity index (χ3v) is 4.32. The van der Waals surface area contributed by atoms with Crippen LogP contribution in [-0.4, -0.2) is 30.8 Å². The number of carbonyl (C=O) groups is 1. The molecule has 0 aliphatic rings. The van der Waals surface area contributed by atoms with Gasteiger partial charge in [0.15, 0.2) is 12.4 Å². The first-order valence-corrected chi connectivity index (χ1v) is 9.29. The quantitative estimate of drug-likeness (QED) is 0.355. The van der Waals surface area contributed by atoms with Gasteiger partial charge in [0.1, 0.15) is 5.75 Å². The van der Waals surface area contributed by atoms with Crippen molar-refractivity contribution in [3.8, 4) is 11.5 Å². The predicted molar refractivity (Wildman–Crippen MR) is 109 cm³/mol. The number of nitro groups is 1. The van der Waals surface area contributed by atoms with Crippen molar-refractivity contribution < 1.29 is 19.2 Å². The number of nitrogens with one attached hydrogen (secondary N) is 1. The van der Waals surface area contributed by atoms with Crippen LogP contribution in [0.2, 0.25) is 0 Å². The molecule has 0 aliphatic heterocycles. The number of nitrogens with zero attached hydrogens (tertiary/aromatic N) is 2. The zero-order valence-electron chi connectivity index (χ0n) is 15.5. The Bertz CT molecular complexity index is 886. The van der Waals surface area contributed by atoms with Crippen LogP contribution in [0.5, 0.6) is 11.5 Å². The van der Waals surface area contributed by atoms with Gasteiger partial charge in [-0.15, -0.1) is 0 Å². The Morgan fingerprint density at radius 3 is 2.68 bits per heavy atom. The van der Waals surface area contributed by atoms with Gasteiger partial charge in [-0.1, -0.05) is 19.4 Å². The van der Waals surface area contributed by atoms with Crippen LogP contribution in [0.25, 0.3) is 0 Å². The fourth-order valence-electron chi connectivity index (χ4n) is 2.39. The molecule has 1 amide bonds. The molecule has 1 N–H and O–H groups in total. The van der Waals surface area contributed by atoms with Gasteiger partial charge in [0.05, 0.1) is 22.7 Å². The number of ether oxygens (including phenoxy) is 2. The highest BCUT2D eigenvalue weighted by molar-refractivity contribution is 9.10. The first-order valence-electron chi connectivity index (χ1n) is 8.50. The van der Waals surface area contributed by atoms with Crippen molar-refractivity contribution in [1.82, 2.24) is 5.43 Å². The van der Waals surface area contributed by atoms with Crippen molar-refractivity contribution in [3.63, 3.8) is 0 Å². The predicted octanol–water partition coefficient (Wildman–Crippen LogP) is 3.85. The maximum absolute atomic E-state index is 11.9. The zero-order chi connectivity index (χ0) is 20.5. The van der Waals surface area contributed by atoms with Gasteiger partial charge in [-0.25, -0.2) is 5.43 Å². The van der Waals surface area contributed by atoms with Crippen molar-refractivity contribution in [2.45, 2.75) is 19.8 Å². The van der Waals surface area contributed by atoms with E-state index in [0.717, 1.165) is 17.3 Å². The largest absolute Gasteiger partial charge is 0.490 e. The van der Waals surface area contributed by atoms with Crippen molar-refractivity contribution in [2.24, 2.45) is 5.10 Å². The average molecular weight is 450 g/mol. The zero-order valence-corrected chi connectivity index (χ0v) is 17.1. The van der Waals surface area contributed by atoms with Crippen molar-refractivity contribution in [1.29, 1.82) is 0 Å². The molecule has 0 saturated heterocycles. The van der Waals surface area contributed by atoms with Gasteiger partial charge >= 0.3 is 5.69 Å². The Kier molecular flexibility index (Phi) is 7.94. The Balaban J connectivity index is 1.90. The normalized spacial score (nSPS) is 10.7. The van der Waals surface area contributed by atoms with E-state index in [4.69, 9.17) is 9.47 Å². The third-order valence-electron chi connectivity index (χ3n) is 3.70. The van der Waals surface area contributed by atoms with Gasteiger partial charge in [-0.05, 0) is 52.2 Å². The van der Waals surface area contributed by atoms with E-state index in [1.165, 1.54) is 31.0 Å². The summed E-state index contributed by atoms with van der Waals surface area (Å²) in [6, 6.07) is 10.1. The molecule has 0 spiro atoms. The first kappa shape index (κ1) is 21.4. The maximum atomic E-state index is 11.9. The number of amides is 1. The fraction of sp³-hybridized carbons (Fsp3) is 0.263. The van der Waals surface area contributed by atoms with Crippen LogP contribution in [0.15, 0.2) is 46.0 Å². The summed E-state index contributed by atoms with van der Waals surface area (Å²) in [6.07, 6.45) is 3.32. The van der Waals surface area contributed by atoms with E-state index in [9.17, 15) is 14.9 Å². The minimum atomic E-state index is -0.549. The number of benzene rings is 2. The van der Waals surface area contributed by atoms with E-state index in [1.807, 2.05) is 18.2 Å². The minimum absolute atomic E-state index is 0.148. The maximum Gasteiger partial charge on any atom is 0.311 e. The Hall–Kier alpha value is -2.94. The van der Waals surface area contributed by atoms with Crippen LogP contribution in [0.1, 0.15) is 24.5 Å². The lowest BCUT2D eigenvalue weighted by atomic mass is 10.1. The van der Waals surface area contributed by atoms with Gasteiger partial charge in [0.2, 0.25) is 0 Å². The molecule has 0 aromatic heterocycles. The molecule has 0 aliphatic carbocycles. The molecular weight excluding hydrogens is 430 g/mol. The fourth-order valence-corrected chi connectivity index (χ4v) is 2.93. The van der Waals surface area contributed by atoms with Crippen molar-refractivity contribution in [2.75, 3.05) is 13.7 Å². The smallest absolute Gasteiger partial charge is 0.311 e. The van der Waals surface area contributed by atoms with Crippen LogP contribution in [0.3, 0.4) is 0 Å². The molecule has 0 fully saturated rings. The molecule has 0 heterocycles. The van der Waals surface area contributed by atoms with Crippen molar-refractivity contribution >= 4 is 33.7 Å². The number of carbonyl (C=O) groups excluding carboxylic acids is 1. The Labute approximate surface area is 170 Å². The molecule has 28 heavy (non-hydrogen) atoms. The highest BCUT2D eigenvalue weighted by Gasteiger charge is 2.14. The highest BCUT2D eigenvalue weighted by Crippen LogP contribution is 2.27. The van der Waals surface area contributed by atoms with Crippen LogP contribution >= 0.6 is 15.9 Å². The van der Waals surface area contributed by atoms with E-state index in [2.05, 4.69) is 33.4 Å². The molecule has 8 nitrogen and oxygen atoms in total. The molecule has 0 saturated carbocycles. The van der Waals surface area contributed by atoms with Gasteiger partial charge < -0.3 is 9.47 Å². The minimum Gasteiger partial charge on any atom is -0.490 e. The van der Waals surface area contributed by atoms with Gasteiger partial charge in [-0.3, -0.25) is 14.9 Å². The summed E-state index contributed by atoms with van der Waals surface area (Å²) in [7, 11) is 1.35. The van der Waals surface area contributed by atoms with Gasteiger partial charge in [-0.2, -0.15) is 5.10 Å². The molecule has 0 atom stereocenters. The van der Waals surface area contributed by atoms with E-state index in [1.54, 1.807) is 6.07 Å². The number of rotatable bonds is 9.